The first-order valence-electron chi connectivity index (χ1n) is 7.34. The molecule has 0 radical (unpaired) electrons. The SMILES string of the molecule is NCCCCCCC(=O)NCCc1ccccc1[N+](=O)[O-]. The summed E-state index contributed by atoms with van der Waals surface area (Å²) in [5.74, 6) is 0.00123. The minimum atomic E-state index is -0.394. The fraction of sp³-hybridized carbons (Fsp3) is 0.533. The van der Waals surface area contributed by atoms with Crippen molar-refractivity contribution in [1.82, 2.24) is 5.32 Å². The molecule has 0 spiro atoms. The number of nitrogens with zero attached hydrogens (tertiary/aromatic N) is 1. The molecule has 3 N–H and O–H groups in total. The highest BCUT2D eigenvalue weighted by atomic mass is 16.6. The number of carbonyl (C=O) groups is 1. The number of rotatable bonds is 10. The lowest BCUT2D eigenvalue weighted by molar-refractivity contribution is -0.385. The summed E-state index contributed by atoms with van der Waals surface area (Å²) in [6, 6.07) is 6.61. The van der Waals surface area contributed by atoms with Crippen molar-refractivity contribution >= 4 is 11.6 Å². The van der Waals surface area contributed by atoms with E-state index in [1.54, 1.807) is 18.2 Å². The number of amides is 1. The fourth-order valence-corrected chi connectivity index (χ4v) is 2.11. The third-order valence-corrected chi connectivity index (χ3v) is 3.26. The van der Waals surface area contributed by atoms with Gasteiger partial charge in [-0.05, 0) is 25.8 Å². The summed E-state index contributed by atoms with van der Waals surface area (Å²) in [7, 11) is 0. The Morgan fingerprint density at radius 2 is 1.90 bits per heavy atom. The van der Waals surface area contributed by atoms with E-state index in [1.807, 2.05) is 0 Å². The van der Waals surface area contributed by atoms with Gasteiger partial charge in [-0.25, -0.2) is 0 Å². The molecule has 6 heteroatoms. The van der Waals surface area contributed by atoms with Crippen molar-refractivity contribution < 1.29 is 9.72 Å². The van der Waals surface area contributed by atoms with Gasteiger partial charge in [-0.2, -0.15) is 0 Å². The van der Waals surface area contributed by atoms with E-state index >= 15 is 0 Å². The zero-order valence-corrected chi connectivity index (χ0v) is 12.2. The molecule has 116 valence electrons. The number of hydrogen-bond acceptors (Lipinski definition) is 4. The number of unbranched alkanes of at least 4 members (excludes halogenated alkanes) is 3. The van der Waals surface area contributed by atoms with Crippen LogP contribution in [0.25, 0.3) is 0 Å². The minimum absolute atomic E-state index is 0.00123. The van der Waals surface area contributed by atoms with Crippen molar-refractivity contribution in [3.8, 4) is 0 Å². The first-order valence-corrected chi connectivity index (χ1v) is 7.34. The first-order chi connectivity index (χ1) is 10.1. The van der Waals surface area contributed by atoms with E-state index in [2.05, 4.69) is 5.32 Å². The van der Waals surface area contributed by atoms with Gasteiger partial charge in [0.2, 0.25) is 5.91 Å². The van der Waals surface area contributed by atoms with E-state index < -0.39 is 4.92 Å². The molecular weight excluding hydrogens is 270 g/mol. The zero-order valence-electron chi connectivity index (χ0n) is 12.2. The topological polar surface area (TPSA) is 98.3 Å². The maximum Gasteiger partial charge on any atom is 0.272 e. The van der Waals surface area contributed by atoms with Crippen LogP contribution in [0.1, 0.15) is 37.7 Å². The molecule has 0 bridgehead atoms. The molecule has 0 aliphatic heterocycles. The number of carbonyl (C=O) groups excluding carboxylic acids is 1. The van der Waals surface area contributed by atoms with E-state index in [0.717, 1.165) is 25.7 Å². The number of nitro benzene ring substituents is 1. The lowest BCUT2D eigenvalue weighted by Gasteiger charge is -2.06. The first kappa shape index (κ1) is 17.1. The maximum absolute atomic E-state index is 11.6. The standard InChI is InChI=1S/C15H23N3O3/c16-11-6-2-1-3-9-15(19)17-12-10-13-7-4-5-8-14(13)18(20)21/h4-5,7-8H,1-3,6,9-12,16H2,(H,17,19). The van der Waals surface area contributed by atoms with Crippen LogP contribution in [0, 0.1) is 10.1 Å². The number of nitro groups is 1. The molecule has 1 amide bonds. The number of para-hydroxylation sites is 1. The van der Waals surface area contributed by atoms with E-state index in [4.69, 9.17) is 5.73 Å². The van der Waals surface area contributed by atoms with Crippen LogP contribution in [-0.2, 0) is 11.2 Å². The quantitative estimate of drug-likeness (QED) is 0.392. The van der Waals surface area contributed by atoms with Crippen LogP contribution in [0.15, 0.2) is 24.3 Å². The van der Waals surface area contributed by atoms with Crippen molar-refractivity contribution in [3.05, 3.63) is 39.9 Å². The second-order valence-corrected chi connectivity index (χ2v) is 4.94. The Bertz CT molecular complexity index is 463. The number of nitrogens with two attached hydrogens (primary N) is 1. The van der Waals surface area contributed by atoms with Gasteiger partial charge in [0.15, 0.2) is 0 Å². The van der Waals surface area contributed by atoms with Gasteiger partial charge in [-0.1, -0.05) is 31.0 Å². The fourth-order valence-electron chi connectivity index (χ4n) is 2.11. The molecule has 21 heavy (non-hydrogen) atoms. The lowest BCUT2D eigenvalue weighted by atomic mass is 10.1. The third-order valence-electron chi connectivity index (χ3n) is 3.26. The molecular formula is C15H23N3O3. The lowest BCUT2D eigenvalue weighted by Crippen LogP contribution is -2.25. The molecule has 1 aromatic rings. The normalized spacial score (nSPS) is 10.3. The van der Waals surface area contributed by atoms with Crippen molar-refractivity contribution in [2.24, 2.45) is 5.73 Å². The van der Waals surface area contributed by atoms with Gasteiger partial charge in [-0.15, -0.1) is 0 Å². The summed E-state index contributed by atoms with van der Waals surface area (Å²) in [5.41, 5.74) is 6.15. The smallest absolute Gasteiger partial charge is 0.272 e. The molecule has 0 aromatic heterocycles. The molecule has 0 aliphatic carbocycles. The Labute approximate surface area is 124 Å². The highest BCUT2D eigenvalue weighted by molar-refractivity contribution is 5.75. The summed E-state index contributed by atoms with van der Waals surface area (Å²) in [5, 5.41) is 13.7. The Balaban J connectivity index is 2.24. The van der Waals surface area contributed by atoms with Crippen molar-refractivity contribution in [2.45, 2.75) is 38.5 Å². The highest BCUT2D eigenvalue weighted by Crippen LogP contribution is 2.17. The average molecular weight is 293 g/mol. The maximum atomic E-state index is 11.6. The van der Waals surface area contributed by atoms with Gasteiger partial charge in [-0.3, -0.25) is 14.9 Å². The third kappa shape index (κ3) is 6.85. The average Bonchev–Trinajstić information content (AvgIpc) is 2.47. The van der Waals surface area contributed by atoms with Crippen molar-refractivity contribution in [2.75, 3.05) is 13.1 Å². The molecule has 0 saturated carbocycles. The second-order valence-electron chi connectivity index (χ2n) is 4.94. The molecule has 0 atom stereocenters. The van der Waals surface area contributed by atoms with Gasteiger partial charge in [0.1, 0.15) is 0 Å². The van der Waals surface area contributed by atoms with Gasteiger partial charge in [0.05, 0.1) is 4.92 Å². The number of nitrogens with one attached hydrogen (secondary N) is 1. The van der Waals surface area contributed by atoms with E-state index in [1.165, 1.54) is 6.07 Å². The highest BCUT2D eigenvalue weighted by Gasteiger charge is 2.11. The molecule has 1 aromatic carbocycles. The Kier molecular flexibility index (Phi) is 8.04. The summed E-state index contributed by atoms with van der Waals surface area (Å²) in [6.45, 7) is 1.12. The summed E-state index contributed by atoms with van der Waals surface area (Å²) < 4.78 is 0. The Morgan fingerprint density at radius 3 is 2.62 bits per heavy atom. The van der Waals surface area contributed by atoms with Crippen LogP contribution in [0.5, 0.6) is 0 Å². The Hall–Kier alpha value is -1.95. The molecule has 1 rings (SSSR count). The van der Waals surface area contributed by atoms with Crippen molar-refractivity contribution in [3.63, 3.8) is 0 Å². The molecule has 0 unspecified atom stereocenters. The predicted octanol–water partition coefficient (Wildman–Crippen LogP) is 2.16. The predicted molar refractivity (Wildman–Crippen MR) is 81.9 cm³/mol. The summed E-state index contributed by atoms with van der Waals surface area (Å²) in [6.07, 6.45) is 4.89. The van der Waals surface area contributed by atoms with Gasteiger partial charge in [0.25, 0.3) is 5.69 Å². The molecule has 6 nitrogen and oxygen atoms in total. The van der Waals surface area contributed by atoms with Crippen LogP contribution in [0.2, 0.25) is 0 Å². The van der Waals surface area contributed by atoms with E-state index in [-0.39, 0.29) is 11.6 Å². The van der Waals surface area contributed by atoms with Crippen LogP contribution in [0.3, 0.4) is 0 Å². The van der Waals surface area contributed by atoms with Crippen LogP contribution in [-0.4, -0.2) is 23.9 Å². The van der Waals surface area contributed by atoms with Crippen LogP contribution < -0.4 is 11.1 Å². The summed E-state index contributed by atoms with van der Waals surface area (Å²) >= 11 is 0. The summed E-state index contributed by atoms with van der Waals surface area (Å²) in [4.78, 5) is 22.1. The van der Waals surface area contributed by atoms with E-state index in [0.29, 0.717) is 31.5 Å². The molecule has 0 aliphatic rings. The van der Waals surface area contributed by atoms with Gasteiger partial charge >= 0.3 is 0 Å². The number of benzene rings is 1. The molecule has 0 fully saturated rings. The zero-order chi connectivity index (χ0) is 15.5. The largest absolute Gasteiger partial charge is 0.356 e. The molecule has 0 heterocycles. The minimum Gasteiger partial charge on any atom is -0.356 e. The number of hydrogen-bond donors (Lipinski definition) is 2. The van der Waals surface area contributed by atoms with Gasteiger partial charge < -0.3 is 11.1 Å². The van der Waals surface area contributed by atoms with Crippen LogP contribution >= 0.6 is 0 Å². The molecule has 0 saturated heterocycles. The van der Waals surface area contributed by atoms with Crippen LogP contribution in [0.4, 0.5) is 5.69 Å². The monoisotopic (exact) mass is 293 g/mol. The van der Waals surface area contributed by atoms with Gasteiger partial charge in [0, 0.05) is 24.6 Å². The second kappa shape index (κ2) is 9.88. The Morgan fingerprint density at radius 1 is 1.19 bits per heavy atom. The van der Waals surface area contributed by atoms with Crippen molar-refractivity contribution in [1.29, 1.82) is 0 Å². The van der Waals surface area contributed by atoms with E-state index in [9.17, 15) is 14.9 Å².